The van der Waals surface area contributed by atoms with Gasteiger partial charge in [-0.1, -0.05) is 19.9 Å². The van der Waals surface area contributed by atoms with Crippen LogP contribution in [0.5, 0.6) is 0 Å². The molecule has 4 heteroatoms. The monoisotopic (exact) mass is 284 g/mol. The molecule has 2 nitrogen and oxygen atoms in total. The molecule has 0 aromatic carbocycles. The molecule has 2 rings (SSSR count). The first kappa shape index (κ1) is 13.5. The standard InChI is InChI=1S/C15H12N2S2/c1-10(2)3-4-12-6-14-15(18-12)7-13(19-14)5-11(8-16)9-17/h3-7,10H,1-2H3/b4-3+. The Morgan fingerprint density at radius 1 is 1.11 bits per heavy atom. The average molecular weight is 284 g/mol. The number of thiophene rings is 2. The zero-order valence-electron chi connectivity index (χ0n) is 10.7. The third-order valence-electron chi connectivity index (χ3n) is 2.42. The highest BCUT2D eigenvalue weighted by molar-refractivity contribution is 7.28. The van der Waals surface area contributed by atoms with Crippen LogP contribution in [0.2, 0.25) is 0 Å². The highest BCUT2D eigenvalue weighted by Gasteiger charge is 2.05. The van der Waals surface area contributed by atoms with Crippen molar-refractivity contribution in [3.8, 4) is 12.1 Å². The molecule has 0 unspecified atom stereocenters. The summed E-state index contributed by atoms with van der Waals surface area (Å²) in [6.45, 7) is 4.31. The third-order valence-corrected chi connectivity index (χ3v) is 4.62. The summed E-state index contributed by atoms with van der Waals surface area (Å²) in [5.41, 5.74) is 0.147. The van der Waals surface area contributed by atoms with E-state index in [4.69, 9.17) is 10.5 Å². The molecule has 0 saturated carbocycles. The van der Waals surface area contributed by atoms with Gasteiger partial charge in [-0.25, -0.2) is 0 Å². The van der Waals surface area contributed by atoms with Crippen LogP contribution in [0.1, 0.15) is 23.6 Å². The Morgan fingerprint density at radius 3 is 2.26 bits per heavy atom. The predicted molar refractivity (Wildman–Crippen MR) is 82.8 cm³/mol. The molecule has 0 saturated heterocycles. The van der Waals surface area contributed by atoms with Crippen molar-refractivity contribution < 1.29 is 0 Å². The summed E-state index contributed by atoms with van der Waals surface area (Å²) >= 11 is 3.34. The lowest BCUT2D eigenvalue weighted by atomic mass is 10.2. The van der Waals surface area contributed by atoms with Crippen molar-refractivity contribution >= 4 is 44.2 Å². The molecule has 19 heavy (non-hydrogen) atoms. The van der Waals surface area contributed by atoms with Crippen molar-refractivity contribution in [3.05, 3.63) is 33.5 Å². The van der Waals surface area contributed by atoms with E-state index >= 15 is 0 Å². The van der Waals surface area contributed by atoms with Gasteiger partial charge in [0.05, 0.1) is 0 Å². The number of fused-ring (bicyclic) bond motifs is 1. The zero-order chi connectivity index (χ0) is 13.8. The summed E-state index contributed by atoms with van der Waals surface area (Å²) in [5, 5.41) is 17.5. The fourth-order valence-electron chi connectivity index (χ4n) is 1.55. The molecule has 0 atom stereocenters. The van der Waals surface area contributed by atoms with Crippen LogP contribution in [-0.2, 0) is 0 Å². The van der Waals surface area contributed by atoms with E-state index in [-0.39, 0.29) is 5.57 Å². The van der Waals surface area contributed by atoms with Crippen molar-refractivity contribution in [2.45, 2.75) is 13.8 Å². The smallest absolute Gasteiger partial charge is 0.131 e. The quantitative estimate of drug-likeness (QED) is 0.739. The van der Waals surface area contributed by atoms with Crippen molar-refractivity contribution in [2.24, 2.45) is 5.92 Å². The van der Waals surface area contributed by atoms with Gasteiger partial charge in [-0.15, -0.1) is 22.7 Å². The van der Waals surface area contributed by atoms with Gasteiger partial charge in [0, 0.05) is 19.2 Å². The highest BCUT2D eigenvalue weighted by atomic mass is 32.1. The van der Waals surface area contributed by atoms with Gasteiger partial charge in [0.1, 0.15) is 17.7 Å². The van der Waals surface area contributed by atoms with E-state index in [2.05, 4.69) is 32.1 Å². The Morgan fingerprint density at radius 2 is 1.68 bits per heavy atom. The molecule has 2 aromatic rings. The molecule has 0 amide bonds. The maximum absolute atomic E-state index is 8.74. The minimum atomic E-state index is 0.147. The average Bonchev–Trinajstić information content (AvgIpc) is 2.90. The van der Waals surface area contributed by atoms with Crippen LogP contribution in [0.3, 0.4) is 0 Å². The van der Waals surface area contributed by atoms with Gasteiger partial charge in [-0.3, -0.25) is 0 Å². The SMILES string of the molecule is CC(C)/C=C/c1cc2sc(C=C(C#N)C#N)cc2s1. The van der Waals surface area contributed by atoms with Gasteiger partial charge < -0.3 is 0 Å². The molecule has 2 aromatic heterocycles. The Balaban J connectivity index is 2.31. The Bertz CT molecular complexity index is 683. The zero-order valence-corrected chi connectivity index (χ0v) is 12.3. The van der Waals surface area contributed by atoms with Crippen LogP contribution >= 0.6 is 22.7 Å². The molecular formula is C15H12N2S2. The summed E-state index contributed by atoms with van der Waals surface area (Å²) in [6.07, 6.45) is 5.97. The molecule has 0 bridgehead atoms. The predicted octanol–water partition coefficient (Wildman–Crippen LogP) is 5.06. The number of rotatable bonds is 3. The molecule has 94 valence electrons. The molecule has 0 spiro atoms. The molecule has 0 fully saturated rings. The Hall–Kier alpha value is -1.88. The summed E-state index contributed by atoms with van der Waals surface area (Å²) < 4.78 is 2.41. The van der Waals surface area contributed by atoms with Crippen LogP contribution < -0.4 is 0 Å². The van der Waals surface area contributed by atoms with Crippen LogP contribution in [-0.4, -0.2) is 0 Å². The number of nitriles is 2. The molecule has 0 radical (unpaired) electrons. The van der Waals surface area contributed by atoms with Crippen molar-refractivity contribution in [2.75, 3.05) is 0 Å². The van der Waals surface area contributed by atoms with Crippen LogP contribution in [0.15, 0.2) is 23.8 Å². The first-order valence-electron chi connectivity index (χ1n) is 5.86. The van der Waals surface area contributed by atoms with Gasteiger partial charge in [-0.05, 0) is 30.2 Å². The number of nitrogens with zero attached hydrogens (tertiary/aromatic N) is 2. The lowest BCUT2D eigenvalue weighted by Crippen LogP contribution is -1.74. The van der Waals surface area contributed by atoms with E-state index in [1.54, 1.807) is 28.7 Å². The Kier molecular flexibility index (Phi) is 4.16. The molecule has 0 aliphatic heterocycles. The lowest BCUT2D eigenvalue weighted by molar-refractivity contribution is 0.836. The minimum Gasteiger partial charge on any atom is -0.192 e. The summed E-state index contributed by atoms with van der Waals surface area (Å²) in [4.78, 5) is 2.20. The second kappa shape index (κ2) is 5.84. The minimum absolute atomic E-state index is 0.147. The van der Waals surface area contributed by atoms with Gasteiger partial charge >= 0.3 is 0 Å². The first-order valence-corrected chi connectivity index (χ1v) is 7.49. The van der Waals surface area contributed by atoms with E-state index < -0.39 is 0 Å². The van der Waals surface area contributed by atoms with Crippen LogP contribution in [0, 0.1) is 28.6 Å². The molecule has 0 aliphatic rings. The van der Waals surface area contributed by atoms with E-state index in [1.807, 2.05) is 18.2 Å². The summed E-state index contributed by atoms with van der Waals surface area (Å²) in [7, 11) is 0. The molecular weight excluding hydrogens is 272 g/mol. The van der Waals surface area contributed by atoms with Crippen molar-refractivity contribution in [3.63, 3.8) is 0 Å². The summed E-state index contributed by atoms with van der Waals surface area (Å²) in [6, 6.07) is 7.95. The number of allylic oxidation sites excluding steroid dienone is 2. The third kappa shape index (κ3) is 3.32. The van der Waals surface area contributed by atoms with Crippen LogP contribution in [0.4, 0.5) is 0 Å². The topological polar surface area (TPSA) is 47.6 Å². The van der Waals surface area contributed by atoms with E-state index in [9.17, 15) is 0 Å². The molecule has 2 heterocycles. The second-order valence-electron chi connectivity index (χ2n) is 4.41. The summed E-state index contributed by atoms with van der Waals surface area (Å²) in [5.74, 6) is 0.549. The van der Waals surface area contributed by atoms with E-state index in [1.165, 1.54) is 14.3 Å². The van der Waals surface area contributed by atoms with E-state index in [0.717, 1.165) is 4.88 Å². The molecule has 0 N–H and O–H groups in total. The van der Waals surface area contributed by atoms with Gasteiger partial charge in [-0.2, -0.15) is 10.5 Å². The highest BCUT2D eigenvalue weighted by Crippen LogP contribution is 2.34. The second-order valence-corrected chi connectivity index (χ2v) is 6.64. The van der Waals surface area contributed by atoms with Gasteiger partial charge in [0.15, 0.2) is 0 Å². The Labute approximate surface area is 120 Å². The number of hydrogen-bond acceptors (Lipinski definition) is 4. The fraction of sp³-hybridized carbons (Fsp3) is 0.200. The first-order chi connectivity index (χ1) is 9.12. The maximum atomic E-state index is 8.74. The lowest BCUT2D eigenvalue weighted by Gasteiger charge is -1.91. The number of hydrogen-bond donors (Lipinski definition) is 0. The molecule has 0 aliphatic carbocycles. The van der Waals surface area contributed by atoms with Gasteiger partial charge in [0.25, 0.3) is 0 Å². The largest absolute Gasteiger partial charge is 0.192 e. The maximum Gasteiger partial charge on any atom is 0.131 e. The normalized spacial score (nSPS) is 10.8. The van der Waals surface area contributed by atoms with Crippen molar-refractivity contribution in [1.82, 2.24) is 0 Å². The van der Waals surface area contributed by atoms with Gasteiger partial charge in [0.2, 0.25) is 0 Å². The van der Waals surface area contributed by atoms with Crippen molar-refractivity contribution in [1.29, 1.82) is 10.5 Å². The van der Waals surface area contributed by atoms with Crippen LogP contribution in [0.25, 0.3) is 21.6 Å². The fourth-order valence-corrected chi connectivity index (χ4v) is 3.82. The van der Waals surface area contributed by atoms with E-state index in [0.29, 0.717) is 5.92 Å².